The number of aryl methyl sites for hydroxylation is 2. The lowest BCUT2D eigenvalue weighted by Gasteiger charge is -2.17. The first kappa shape index (κ1) is 10.6. The van der Waals surface area contributed by atoms with Gasteiger partial charge in [0.05, 0.1) is 0 Å². The van der Waals surface area contributed by atoms with Crippen LogP contribution < -0.4 is 0 Å². The Balaban J connectivity index is 2.01. The van der Waals surface area contributed by atoms with E-state index in [9.17, 15) is 5.11 Å². The minimum absolute atomic E-state index is 0.475. The number of fused-ring (bicyclic) bond motifs is 1. The van der Waals surface area contributed by atoms with Crippen LogP contribution in [0, 0.1) is 0 Å². The third-order valence-electron chi connectivity index (χ3n) is 2.64. The first-order valence-electron chi connectivity index (χ1n) is 5.42. The fraction of sp³-hybridized carbons (Fsp3) is 0.800. The van der Waals surface area contributed by atoms with Gasteiger partial charge in [0.1, 0.15) is 12.1 Å². The zero-order valence-electron chi connectivity index (χ0n) is 9.02. The molecule has 2 rings (SSSR count). The molecule has 0 amide bonds. The van der Waals surface area contributed by atoms with Gasteiger partial charge in [0.25, 0.3) is 0 Å². The number of hydrogen-bond donors (Lipinski definition) is 1. The zero-order chi connectivity index (χ0) is 10.7. The summed E-state index contributed by atoms with van der Waals surface area (Å²) in [7, 11) is 1.69. The molecule has 0 fully saturated rings. The molecule has 1 atom stereocenters. The molecule has 2 heterocycles. The molecular formula is C10H17N3O2. The first-order chi connectivity index (χ1) is 7.31. The molecule has 0 saturated carbocycles. The topological polar surface area (TPSA) is 60.2 Å². The molecule has 0 aliphatic carbocycles. The summed E-state index contributed by atoms with van der Waals surface area (Å²) in [5.74, 6) is 1.74. The SMILES string of the molecule is COCCCc1nc2n(n1)C(O)CCC2. The average Bonchev–Trinajstić information content (AvgIpc) is 2.63. The second-order valence-corrected chi connectivity index (χ2v) is 3.86. The molecule has 5 nitrogen and oxygen atoms in total. The Hall–Kier alpha value is -0.940. The molecule has 0 spiro atoms. The van der Waals surface area contributed by atoms with E-state index in [1.807, 2.05) is 0 Å². The van der Waals surface area contributed by atoms with E-state index in [-0.39, 0.29) is 0 Å². The van der Waals surface area contributed by atoms with Crippen molar-refractivity contribution >= 4 is 0 Å². The number of nitrogens with zero attached hydrogens (tertiary/aromatic N) is 3. The van der Waals surface area contributed by atoms with Crippen molar-refractivity contribution in [1.29, 1.82) is 0 Å². The minimum atomic E-state index is -0.475. The Morgan fingerprint density at radius 2 is 2.47 bits per heavy atom. The number of hydrogen-bond acceptors (Lipinski definition) is 4. The molecule has 1 aromatic heterocycles. The average molecular weight is 211 g/mol. The van der Waals surface area contributed by atoms with Gasteiger partial charge in [-0.2, -0.15) is 5.10 Å². The number of rotatable bonds is 4. The molecule has 0 saturated heterocycles. The van der Waals surface area contributed by atoms with E-state index in [1.54, 1.807) is 11.8 Å². The van der Waals surface area contributed by atoms with Crippen molar-refractivity contribution in [2.75, 3.05) is 13.7 Å². The standard InChI is InChI=1S/C10H17N3O2/c1-15-7-3-4-8-11-9-5-2-6-10(14)13(9)12-8/h10,14H,2-7H2,1H3. The predicted octanol–water partition coefficient (Wildman–Crippen LogP) is 0.684. The third kappa shape index (κ3) is 2.35. The van der Waals surface area contributed by atoms with Crippen LogP contribution >= 0.6 is 0 Å². The smallest absolute Gasteiger partial charge is 0.151 e. The first-order valence-corrected chi connectivity index (χ1v) is 5.42. The fourth-order valence-electron chi connectivity index (χ4n) is 1.86. The van der Waals surface area contributed by atoms with Gasteiger partial charge >= 0.3 is 0 Å². The second-order valence-electron chi connectivity index (χ2n) is 3.86. The van der Waals surface area contributed by atoms with Gasteiger partial charge in [-0.05, 0) is 19.3 Å². The van der Waals surface area contributed by atoms with Gasteiger partial charge in [0.15, 0.2) is 5.82 Å². The Morgan fingerprint density at radius 3 is 3.20 bits per heavy atom. The summed E-state index contributed by atoms with van der Waals surface area (Å²) in [6.45, 7) is 0.729. The van der Waals surface area contributed by atoms with Crippen molar-refractivity contribution < 1.29 is 9.84 Å². The van der Waals surface area contributed by atoms with Crippen LogP contribution in [0.2, 0.25) is 0 Å². The van der Waals surface area contributed by atoms with Crippen LogP contribution in [0.5, 0.6) is 0 Å². The van der Waals surface area contributed by atoms with Crippen LogP contribution in [0.4, 0.5) is 0 Å². The normalized spacial score (nSPS) is 20.3. The maximum atomic E-state index is 9.68. The minimum Gasteiger partial charge on any atom is -0.385 e. The molecule has 84 valence electrons. The molecule has 1 aliphatic rings. The second kappa shape index (κ2) is 4.72. The molecule has 0 radical (unpaired) electrons. The number of aromatic nitrogens is 3. The molecule has 0 aromatic carbocycles. The lowest BCUT2D eigenvalue weighted by molar-refractivity contribution is 0.0643. The van der Waals surface area contributed by atoms with Crippen LogP contribution in [0.1, 0.15) is 37.1 Å². The highest BCUT2D eigenvalue weighted by Crippen LogP contribution is 2.20. The van der Waals surface area contributed by atoms with Gasteiger partial charge in [-0.3, -0.25) is 0 Å². The third-order valence-corrected chi connectivity index (χ3v) is 2.64. The quantitative estimate of drug-likeness (QED) is 0.744. The summed E-state index contributed by atoms with van der Waals surface area (Å²) in [5, 5.41) is 14.0. The van der Waals surface area contributed by atoms with E-state index < -0.39 is 6.23 Å². The van der Waals surface area contributed by atoms with Gasteiger partial charge in [0, 0.05) is 26.6 Å². The summed E-state index contributed by atoms with van der Waals surface area (Å²) >= 11 is 0. The van der Waals surface area contributed by atoms with E-state index in [1.165, 1.54) is 0 Å². The predicted molar refractivity (Wildman–Crippen MR) is 54.4 cm³/mol. The van der Waals surface area contributed by atoms with Gasteiger partial charge < -0.3 is 9.84 Å². The van der Waals surface area contributed by atoms with Crippen LogP contribution in [-0.4, -0.2) is 33.6 Å². The highest BCUT2D eigenvalue weighted by molar-refractivity contribution is 4.97. The Morgan fingerprint density at radius 1 is 1.60 bits per heavy atom. The lowest BCUT2D eigenvalue weighted by Crippen LogP contribution is -2.18. The van der Waals surface area contributed by atoms with Crippen LogP contribution in [0.3, 0.4) is 0 Å². The van der Waals surface area contributed by atoms with Crippen LogP contribution in [0.15, 0.2) is 0 Å². The number of ether oxygens (including phenoxy) is 1. The Kier molecular flexibility index (Phi) is 3.33. The Labute approximate surface area is 89.1 Å². The van der Waals surface area contributed by atoms with Gasteiger partial charge in [-0.25, -0.2) is 9.67 Å². The van der Waals surface area contributed by atoms with Crippen molar-refractivity contribution in [3.05, 3.63) is 11.6 Å². The molecule has 1 aliphatic heterocycles. The maximum Gasteiger partial charge on any atom is 0.151 e. The lowest BCUT2D eigenvalue weighted by atomic mass is 10.1. The molecule has 5 heteroatoms. The van der Waals surface area contributed by atoms with Gasteiger partial charge in [-0.15, -0.1) is 0 Å². The van der Waals surface area contributed by atoms with Crippen molar-refractivity contribution in [3.8, 4) is 0 Å². The van der Waals surface area contributed by atoms with E-state index in [4.69, 9.17) is 4.74 Å². The summed E-state index contributed by atoms with van der Waals surface area (Å²) in [6.07, 6.45) is 3.98. The number of aliphatic hydroxyl groups is 1. The number of methoxy groups -OCH3 is 1. The van der Waals surface area contributed by atoms with E-state index in [0.717, 1.165) is 50.4 Å². The maximum absolute atomic E-state index is 9.68. The van der Waals surface area contributed by atoms with Crippen molar-refractivity contribution in [2.45, 2.75) is 38.3 Å². The zero-order valence-corrected chi connectivity index (χ0v) is 9.02. The Bertz CT molecular complexity index is 324. The van der Waals surface area contributed by atoms with E-state index in [0.29, 0.717) is 0 Å². The van der Waals surface area contributed by atoms with Gasteiger partial charge in [-0.1, -0.05) is 0 Å². The van der Waals surface area contributed by atoms with Crippen LogP contribution in [-0.2, 0) is 17.6 Å². The summed E-state index contributed by atoms with van der Waals surface area (Å²) in [5.41, 5.74) is 0. The molecule has 0 bridgehead atoms. The highest BCUT2D eigenvalue weighted by atomic mass is 16.5. The molecule has 15 heavy (non-hydrogen) atoms. The number of aliphatic hydroxyl groups excluding tert-OH is 1. The van der Waals surface area contributed by atoms with E-state index in [2.05, 4.69) is 10.1 Å². The van der Waals surface area contributed by atoms with Crippen molar-refractivity contribution in [3.63, 3.8) is 0 Å². The fourth-order valence-corrected chi connectivity index (χ4v) is 1.86. The summed E-state index contributed by atoms with van der Waals surface area (Å²) in [6, 6.07) is 0. The van der Waals surface area contributed by atoms with Crippen molar-refractivity contribution in [1.82, 2.24) is 14.8 Å². The molecule has 1 aromatic rings. The largest absolute Gasteiger partial charge is 0.385 e. The van der Waals surface area contributed by atoms with Crippen molar-refractivity contribution in [2.24, 2.45) is 0 Å². The van der Waals surface area contributed by atoms with Crippen LogP contribution in [0.25, 0.3) is 0 Å². The summed E-state index contributed by atoms with van der Waals surface area (Å²) < 4.78 is 6.63. The van der Waals surface area contributed by atoms with Gasteiger partial charge in [0.2, 0.25) is 0 Å². The molecule has 1 unspecified atom stereocenters. The highest BCUT2D eigenvalue weighted by Gasteiger charge is 2.20. The molecular weight excluding hydrogens is 194 g/mol. The summed E-state index contributed by atoms with van der Waals surface area (Å²) in [4.78, 5) is 4.41. The van der Waals surface area contributed by atoms with E-state index >= 15 is 0 Å². The monoisotopic (exact) mass is 211 g/mol. The molecule has 1 N–H and O–H groups in total.